The lowest BCUT2D eigenvalue weighted by Crippen LogP contribution is -2.03. The molecule has 0 radical (unpaired) electrons. The van der Waals surface area contributed by atoms with E-state index in [1.165, 1.54) is 0 Å². The summed E-state index contributed by atoms with van der Waals surface area (Å²) >= 11 is 0. The maximum atomic E-state index is 8.35. The van der Waals surface area contributed by atoms with Crippen molar-refractivity contribution in [3.63, 3.8) is 0 Å². The van der Waals surface area contributed by atoms with E-state index in [0.29, 0.717) is 0 Å². The summed E-state index contributed by atoms with van der Waals surface area (Å²) in [4.78, 5) is 12.2. The van der Waals surface area contributed by atoms with Crippen molar-refractivity contribution in [2.75, 3.05) is 6.54 Å². The molecule has 0 amide bonds. The highest BCUT2D eigenvalue weighted by molar-refractivity contribution is 5.26. The number of imidazole rings is 1. The Kier molecular flexibility index (Phi) is 6.73. The lowest BCUT2D eigenvalue weighted by atomic mass is 10.4. The highest BCUT2D eigenvalue weighted by Crippen LogP contribution is 1.87. The third-order valence-electron chi connectivity index (χ3n) is 1.18. The number of isocyanates is 1. The van der Waals surface area contributed by atoms with Crippen LogP contribution in [-0.2, 0) is 11.3 Å². The maximum Gasteiger partial charge on any atom is 0.231 e. The Hall–Kier alpha value is -1.45. The van der Waals surface area contributed by atoms with Gasteiger partial charge in [0.25, 0.3) is 0 Å². The molecule has 0 saturated carbocycles. The summed E-state index contributed by atoms with van der Waals surface area (Å²) < 4.78 is 2.02. The Balaban J connectivity index is 0.000000354. The van der Waals surface area contributed by atoms with E-state index in [-0.39, 0.29) is 0 Å². The van der Waals surface area contributed by atoms with Crippen molar-refractivity contribution in [1.29, 1.82) is 5.41 Å². The van der Waals surface area contributed by atoms with E-state index < -0.39 is 0 Å². The van der Waals surface area contributed by atoms with E-state index in [2.05, 4.69) is 4.98 Å². The molecule has 1 rings (SSSR count). The van der Waals surface area contributed by atoms with Crippen LogP contribution in [0.4, 0.5) is 0 Å². The zero-order chi connectivity index (χ0) is 9.23. The summed E-state index contributed by atoms with van der Waals surface area (Å²) in [6.45, 7) is 1.73. The Morgan fingerprint density at radius 3 is 2.75 bits per heavy atom. The Bertz CT molecular complexity index is 213. The molecule has 0 saturated heterocycles. The van der Waals surface area contributed by atoms with E-state index in [9.17, 15) is 0 Å². The molecule has 0 aliphatic heterocycles. The predicted octanol–water partition coefficient (Wildman–Crippen LogP) is 0.133. The number of hydrogen-bond donors (Lipinski definition) is 2. The van der Waals surface area contributed by atoms with Crippen LogP contribution in [0.15, 0.2) is 18.7 Å². The van der Waals surface area contributed by atoms with Crippen LogP contribution < -0.4 is 5.73 Å². The van der Waals surface area contributed by atoms with Crippen molar-refractivity contribution in [2.24, 2.45) is 5.73 Å². The first-order chi connectivity index (χ1) is 5.85. The van der Waals surface area contributed by atoms with Gasteiger partial charge in [0.15, 0.2) is 0 Å². The summed E-state index contributed by atoms with van der Waals surface area (Å²) in [7, 11) is 0. The van der Waals surface area contributed by atoms with Crippen LogP contribution in [0.1, 0.15) is 6.42 Å². The lowest BCUT2D eigenvalue weighted by molar-refractivity contribution is 0.563. The number of nitrogens with zero attached hydrogens (tertiary/aromatic N) is 2. The molecule has 0 aromatic carbocycles. The number of carbonyl (C=O) groups excluding carboxylic acids is 1. The molecule has 0 aliphatic rings. The van der Waals surface area contributed by atoms with Gasteiger partial charge in [-0.25, -0.2) is 15.2 Å². The van der Waals surface area contributed by atoms with Gasteiger partial charge < -0.3 is 10.3 Å². The van der Waals surface area contributed by atoms with Gasteiger partial charge in [-0.05, 0) is 13.0 Å². The summed E-state index contributed by atoms with van der Waals surface area (Å²) in [5.41, 5.74) is 5.31. The van der Waals surface area contributed by atoms with Crippen LogP contribution in [-0.4, -0.2) is 22.2 Å². The molecule has 0 aliphatic carbocycles. The molecule has 1 heterocycles. The number of nitrogens with two attached hydrogens (primary N) is 1. The molecule has 5 heteroatoms. The molecule has 5 nitrogen and oxygen atoms in total. The Morgan fingerprint density at radius 2 is 2.33 bits per heavy atom. The molecular weight excluding hydrogens is 156 g/mol. The second-order valence-electron chi connectivity index (χ2n) is 2.04. The second kappa shape index (κ2) is 7.65. The molecule has 0 atom stereocenters. The van der Waals surface area contributed by atoms with Gasteiger partial charge in [-0.1, -0.05) is 0 Å². The third-order valence-corrected chi connectivity index (χ3v) is 1.18. The van der Waals surface area contributed by atoms with Crippen LogP contribution >= 0.6 is 0 Å². The lowest BCUT2D eigenvalue weighted by Gasteiger charge is -1.96. The average molecular weight is 168 g/mol. The second-order valence-corrected chi connectivity index (χ2v) is 2.04. The van der Waals surface area contributed by atoms with Crippen molar-refractivity contribution in [3.8, 4) is 0 Å². The van der Waals surface area contributed by atoms with E-state index in [4.69, 9.17) is 15.9 Å². The largest absolute Gasteiger partial charge is 0.337 e. The van der Waals surface area contributed by atoms with Crippen LogP contribution in [0.2, 0.25) is 0 Å². The van der Waals surface area contributed by atoms with Gasteiger partial charge in [-0.3, -0.25) is 0 Å². The summed E-state index contributed by atoms with van der Waals surface area (Å²) in [6.07, 6.45) is 7.29. The highest BCUT2D eigenvalue weighted by Gasteiger charge is 1.85. The van der Waals surface area contributed by atoms with Crippen LogP contribution in [0.3, 0.4) is 0 Å². The zero-order valence-electron chi connectivity index (χ0n) is 6.73. The number of hydrogen-bond acceptors (Lipinski definition) is 4. The van der Waals surface area contributed by atoms with Gasteiger partial charge in [0.05, 0.1) is 6.33 Å². The molecule has 0 fully saturated rings. The number of aromatic nitrogens is 2. The van der Waals surface area contributed by atoms with Crippen molar-refractivity contribution >= 4 is 6.08 Å². The van der Waals surface area contributed by atoms with E-state index >= 15 is 0 Å². The zero-order valence-corrected chi connectivity index (χ0v) is 6.73. The van der Waals surface area contributed by atoms with Gasteiger partial charge >= 0.3 is 0 Å². The van der Waals surface area contributed by atoms with Crippen molar-refractivity contribution in [3.05, 3.63) is 18.7 Å². The molecule has 1 aromatic rings. The molecule has 0 bridgehead atoms. The first-order valence-corrected chi connectivity index (χ1v) is 3.54. The summed E-state index contributed by atoms with van der Waals surface area (Å²) in [5, 5.41) is 5.40. The molecule has 0 spiro atoms. The predicted molar refractivity (Wildman–Crippen MR) is 44.3 cm³/mol. The number of rotatable bonds is 3. The molecule has 12 heavy (non-hydrogen) atoms. The molecule has 1 aromatic heterocycles. The van der Waals surface area contributed by atoms with E-state index in [1.54, 1.807) is 12.5 Å². The minimum atomic E-state index is 0.748. The van der Waals surface area contributed by atoms with E-state index in [0.717, 1.165) is 25.6 Å². The fraction of sp³-hybridized carbons (Fsp3) is 0.429. The van der Waals surface area contributed by atoms with Gasteiger partial charge in [0, 0.05) is 18.9 Å². The fourth-order valence-electron chi connectivity index (χ4n) is 0.693. The summed E-state index contributed by atoms with van der Waals surface area (Å²) in [6, 6.07) is 0. The first kappa shape index (κ1) is 10.6. The maximum absolute atomic E-state index is 8.35. The summed E-state index contributed by atoms with van der Waals surface area (Å²) in [5.74, 6) is 0. The molecular formula is C7H12N4O. The minimum Gasteiger partial charge on any atom is -0.337 e. The van der Waals surface area contributed by atoms with Gasteiger partial charge in [0.1, 0.15) is 0 Å². The topological polar surface area (TPSA) is 84.8 Å². The smallest absolute Gasteiger partial charge is 0.231 e. The highest BCUT2D eigenvalue weighted by atomic mass is 16.1. The van der Waals surface area contributed by atoms with Crippen molar-refractivity contribution in [2.45, 2.75) is 13.0 Å². The number of aryl methyl sites for hydroxylation is 1. The fourth-order valence-corrected chi connectivity index (χ4v) is 0.693. The molecule has 0 unspecified atom stereocenters. The van der Waals surface area contributed by atoms with Crippen LogP contribution in [0.25, 0.3) is 0 Å². The molecule has 3 N–H and O–H groups in total. The molecule has 66 valence electrons. The SMILES string of the molecule is N=C=O.NCCCn1ccnc1. The minimum absolute atomic E-state index is 0.748. The Labute approximate surface area is 70.7 Å². The third kappa shape index (κ3) is 5.34. The normalized spacial score (nSPS) is 8.08. The van der Waals surface area contributed by atoms with Gasteiger partial charge in [-0.2, -0.15) is 0 Å². The van der Waals surface area contributed by atoms with Crippen LogP contribution in [0.5, 0.6) is 0 Å². The van der Waals surface area contributed by atoms with Gasteiger partial charge in [0.2, 0.25) is 6.08 Å². The average Bonchev–Trinajstić information content (AvgIpc) is 2.54. The monoisotopic (exact) mass is 168 g/mol. The van der Waals surface area contributed by atoms with Crippen molar-refractivity contribution in [1.82, 2.24) is 9.55 Å². The number of nitrogens with one attached hydrogen (secondary N) is 1. The van der Waals surface area contributed by atoms with E-state index in [1.807, 2.05) is 10.8 Å². The Morgan fingerprint density at radius 1 is 1.67 bits per heavy atom. The quantitative estimate of drug-likeness (QED) is 0.497. The first-order valence-electron chi connectivity index (χ1n) is 3.54. The standard InChI is InChI=1S/C6H11N3.CHNO/c7-2-1-4-9-5-3-8-6-9;2-1-3/h3,5-6H,1-2,4,7H2;2H. The van der Waals surface area contributed by atoms with Crippen molar-refractivity contribution < 1.29 is 4.79 Å². The van der Waals surface area contributed by atoms with Gasteiger partial charge in [-0.15, -0.1) is 0 Å². The van der Waals surface area contributed by atoms with Crippen LogP contribution in [0, 0.1) is 5.41 Å².